The Bertz CT molecular complexity index is 633. The Hall–Kier alpha value is -2.91. The number of hydrazine groups is 1. The number of para-hydroxylation sites is 1. The smallest absolute Gasteiger partial charge is 0.276 e. The Labute approximate surface area is 122 Å². The summed E-state index contributed by atoms with van der Waals surface area (Å²) in [7, 11) is 0. The van der Waals surface area contributed by atoms with Crippen molar-refractivity contribution in [3.63, 3.8) is 0 Å². The fourth-order valence-corrected chi connectivity index (χ4v) is 1.86. The molecule has 2 rings (SSSR count). The normalized spacial score (nSPS) is 9.71. The first-order valence-corrected chi connectivity index (χ1v) is 6.43. The van der Waals surface area contributed by atoms with Crippen molar-refractivity contribution in [3.05, 3.63) is 54.4 Å². The topological polar surface area (TPSA) is 95.0 Å². The summed E-state index contributed by atoms with van der Waals surface area (Å²) in [5, 5.41) is 8.76. The lowest BCUT2D eigenvalue weighted by atomic mass is 10.2. The van der Waals surface area contributed by atoms with Crippen molar-refractivity contribution >= 4 is 17.3 Å². The number of benzene rings is 1. The van der Waals surface area contributed by atoms with Crippen molar-refractivity contribution in [1.29, 1.82) is 5.26 Å². The second kappa shape index (κ2) is 7.03. The van der Waals surface area contributed by atoms with Crippen molar-refractivity contribution in [2.24, 2.45) is 5.84 Å². The molecular weight excluding hydrogens is 266 g/mol. The van der Waals surface area contributed by atoms with Gasteiger partial charge in [0.05, 0.1) is 24.4 Å². The molecule has 1 amide bonds. The number of nitrogens with two attached hydrogens (primary N) is 1. The first-order valence-electron chi connectivity index (χ1n) is 6.43. The third kappa shape index (κ3) is 3.55. The highest BCUT2D eigenvalue weighted by Gasteiger charge is 2.18. The van der Waals surface area contributed by atoms with E-state index in [9.17, 15) is 4.79 Å². The summed E-state index contributed by atoms with van der Waals surface area (Å²) in [6.07, 6.45) is 1.74. The van der Waals surface area contributed by atoms with Crippen LogP contribution in [0.2, 0.25) is 0 Å². The molecule has 0 fully saturated rings. The number of rotatable bonds is 5. The quantitative estimate of drug-likeness (QED) is 0.645. The summed E-state index contributed by atoms with van der Waals surface area (Å²) in [5.41, 5.74) is 4.12. The Morgan fingerprint density at radius 2 is 2.05 bits per heavy atom. The van der Waals surface area contributed by atoms with Crippen molar-refractivity contribution < 1.29 is 4.79 Å². The monoisotopic (exact) mass is 281 g/mol. The highest BCUT2D eigenvalue weighted by atomic mass is 16.2. The van der Waals surface area contributed by atoms with Gasteiger partial charge in [0.1, 0.15) is 5.69 Å². The lowest BCUT2D eigenvalue weighted by Gasteiger charge is -2.21. The molecule has 1 aromatic carbocycles. The lowest BCUT2D eigenvalue weighted by Crippen LogP contribution is -2.32. The van der Waals surface area contributed by atoms with Crippen molar-refractivity contribution in [2.75, 3.05) is 16.9 Å². The highest BCUT2D eigenvalue weighted by Crippen LogP contribution is 2.17. The zero-order valence-corrected chi connectivity index (χ0v) is 11.4. The molecule has 0 aliphatic rings. The molecule has 6 nitrogen and oxygen atoms in total. The summed E-state index contributed by atoms with van der Waals surface area (Å²) >= 11 is 0. The van der Waals surface area contributed by atoms with Crippen LogP contribution >= 0.6 is 0 Å². The summed E-state index contributed by atoms with van der Waals surface area (Å²) in [4.78, 5) is 18.2. The number of amides is 1. The fourth-order valence-electron chi connectivity index (χ4n) is 1.86. The third-order valence-electron chi connectivity index (χ3n) is 2.91. The molecule has 0 saturated heterocycles. The van der Waals surface area contributed by atoms with Crippen LogP contribution in [0, 0.1) is 11.3 Å². The van der Waals surface area contributed by atoms with E-state index in [0.717, 1.165) is 5.69 Å². The largest absolute Gasteiger partial charge is 0.323 e. The zero-order chi connectivity index (χ0) is 15.1. The summed E-state index contributed by atoms with van der Waals surface area (Å²) in [6.45, 7) is 0.317. The molecule has 0 aliphatic heterocycles. The van der Waals surface area contributed by atoms with Crippen LogP contribution in [-0.2, 0) is 0 Å². The SMILES string of the molecule is N#CCCN(C(=O)c1ccc(NN)cn1)c1ccccc1. The number of nitrogen functional groups attached to an aromatic ring is 1. The fraction of sp³-hybridized carbons (Fsp3) is 0.133. The Kier molecular flexibility index (Phi) is 4.85. The van der Waals surface area contributed by atoms with Gasteiger partial charge in [0.15, 0.2) is 0 Å². The molecule has 0 unspecified atom stereocenters. The molecule has 0 spiro atoms. The van der Waals surface area contributed by atoms with Gasteiger partial charge in [-0.1, -0.05) is 18.2 Å². The van der Waals surface area contributed by atoms with Crippen molar-refractivity contribution in [2.45, 2.75) is 6.42 Å². The van der Waals surface area contributed by atoms with Gasteiger partial charge in [-0.05, 0) is 24.3 Å². The average molecular weight is 281 g/mol. The van der Waals surface area contributed by atoms with Gasteiger partial charge in [-0.25, -0.2) is 4.98 Å². The molecule has 106 valence electrons. The maximum Gasteiger partial charge on any atom is 0.276 e. The number of anilines is 2. The molecule has 6 heteroatoms. The number of aromatic nitrogens is 1. The number of carbonyl (C=O) groups is 1. The van der Waals surface area contributed by atoms with E-state index in [0.29, 0.717) is 17.9 Å². The third-order valence-corrected chi connectivity index (χ3v) is 2.91. The van der Waals surface area contributed by atoms with Crippen LogP contribution in [0.25, 0.3) is 0 Å². The number of hydrogen-bond acceptors (Lipinski definition) is 5. The number of carbonyl (C=O) groups excluding carboxylic acids is 1. The van der Waals surface area contributed by atoms with E-state index in [2.05, 4.69) is 16.5 Å². The molecule has 0 saturated carbocycles. The molecule has 3 N–H and O–H groups in total. The number of hydrogen-bond donors (Lipinski definition) is 2. The number of nitriles is 1. The van der Waals surface area contributed by atoms with Crippen LogP contribution in [0.15, 0.2) is 48.7 Å². The van der Waals surface area contributed by atoms with E-state index in [4.69, 9.17) is 11.1 Å². The molecule has 0 aliphatic carbocycles. The van der Waals surface area contributed by atoms with Gasteiger partial charge >= 0.3 is 0 Å². The Balaban J connectivity index is 2.27. The maximum atomic E-state index is 12.6. The van der Waals surface area contributed by atoms with Crippen LogP contribution in [0.1, 0.15) is 16.9 Å². The minimum atomic E-state index is -0.250. The average Bonchev–Trinajstić information content (AvgIpc) is 2.56. The lowest BCUT2D eigenvalue weighted by molar-refractivity contribution is 0.0983. The molecule has 0 atom stereocenters. The van der Waals surface area contributed by atoms with Gasteiger partial charge in [0.2, 0.25) is 0 Å². The molecule has 1 aromatic heterocycles. The summed E-state index contributed by atoms with van der Waals surface area (Å²) < 4.78 is 0. The van der Waals surface area contributed by atoms with E-state index < -0.39 is 0 Å². The van der Waals surface area contributed by atoms with Gasteiger partial charge in [0, 0.05) is 12.2 Å². The van der Waals surface area contributed by atoms with Crippen LogP contribution in [0.4, 0.5) is 11.4 Å². The molecule has 1 heterocycles. The van der Waals surface area contributed by atoms with Crippen molar-refractivity contribution in [1.82, 2.24) is 4.98 Å². The second-order valence-corrected chi connectivity index (χ2v) is 4.28. The highest BCUT2D eigenvalue weighted by molar-refractivity contribution is 6.04. The van der Waals surface area contributed by atoms with Gasteiger partial charge in [0.25, 0.3) is 5.91 Å². The standard InChI is InChI=1S/C15H15N5O/c16-9-4-10-20(13-5-2-1-3-6-13)15(21)14-8-7-12(19-17)11-18-14/h1-3,5-8,11,19H,4,10,17H2. The molecule has 21 heavy (non-hydrogen) atoms. The predicted molar refractivity (Wildman–Crippen MR) is 80.4 cm³/mol. The first kappa shape index (κ1) is 14.5. The van der Waals surface area contributed by atoms with E-state index in [1.165, 1.54) is 6.20 Å². The van der Waals surface area contributed by atoms with Gasteiger partial charge in [-0.2, -0.15) is 5.26 Å². The van der Waals surface area contributed by atoms with Crippen molar-refractivity contribution in [3.8, 4) is 6.07 Å². The van der Waals surface area contributed by atoms with Crippen LogP contribution in [0.3, 0.4) is 0 Å². The molecular formula is C15H15N5O. The number of nitrogens with one attached hydrogen (secondary N) is 1. The predicted octanol–water partition coefficient (Wildman–Crippen LogP) is 1.93. The minimum absolute atomic E-state index is 0.250. The second-order valence-electron chi connectivity index (χ2n) is 4.28. The number of pyridine rings is 1. The van der Waals surface area contributed by atoms with Crippen LogP contribution in [0.5, 0.6) is 0 Å². The maximum absolute atomic E-state index is 12.6. The van der Waals surface area contributed by atoms with E-state index in [-0.39, 0.29) is 12.3 Å². The van der Waals surface area contributed by atoms with E-state index in [1.807, 2.05) is 30.3 Å². The van der Waals surface area contributed by atoms with E-state index in [1.54, 1.807) is 17.0 Å². The van der Waals surface area contributed by atoms with Crippen LogP contribution < -0.4 is 16.2 Å². The minimum Gasteiger partial charge on any atom is -0.323 e. The van der Waals surface area contributed by atoms with Gasteiger partial charge in [-0.3, -0.25) is 10.6 Å². The molecule has 0 bridgehead atoms. The molecule has 2 aromatic rings. The first-order chi connectivity index (χ1) is 10.3. The summed E-state index contributed by atoms with van der Waals surface area (Å²) in [6, 6.07) is 14.5. The molecule has 0 radical (unpaired) electrons. The van der Waals surface area contributed by atoms with E-state index >= 15 is 0 Å². The van der Waals surface area contributed by atoms with Crippen LogP contribution in [-0.4, -0.2) is 17.4 Å². The Morgan fingerprint density at radius 3 is 2.62 bits per heavy atom. The Morgan fingerprint density at radius 1 is 1.29 bits per heavy atom. The van der Waals surface area contributed by atoms with Gasteiger partial charge in [-0.15, -0.1) is 0 Å². The summed E-state index contributed by atoms with van der Waals surface area (Å²) in [5.74, 6) is 5.02. The zero-order valence-electron chi connectivity index (χ0n) is 11.4. The van der Waals surface area contributed by atoms with Gasteiger partial charge < -0.3 is 10.3 Å². The number of nitrogens with zero attached hydrogens (tertiary/aromatic N) is 3.